The summed E-state index contributed by atoms with van der Waals surface area (Å²) in [5.41, 5.74) is 0.402. The maximum absolute atomic E-state index is 11.5. The van der Waals surface area contributed by atoms with Crippen LogP contribution in [0.25, 0.3) is 0 Å². The van der Waals surface area contributed by atoms with Crippen LogP contribution in [-0.4, -0.2) is 38.9 Å². The van der Waals surface area contributed by atoms with Crippen molar-refractivity contribution in [1.82, 2.24) is 0 Å². The van der Waals surface area contributed by atoms with Crippen LogP contribution in [0.1, 0.15) is 5.56 Å². The second-order valence-corrected chi connectivity index (χ2v) is 12.9. The van der Waals surface area contributed by atoms with Crippen LogP contribution < -0.4 is 99.3 Å². The standard InChI is InChI=1S/C19H17O9PS3.3Na/c20-30(21,22)17-7-1-4-14(10-17)13-29(15-5-2-8-18(11-15)31(23,24)25)16-6-3-9-19(12-16)32(26,27)28;;;/h1-12H,13H2,(H,20,21,22)(H,23,24,25)(H,26,27,28);;;/q;3*+1/p-3. The molecular weight excluding hydrogens is 568 g/mol. The van der Waals surface area contributed by atoms with E-state index in [1.54, 1.807) is 6.07 Å². The van der Waals surface area contributed by atoms with Gasteiger partial charge in [0.1, 0.15) is 30.4 Å². The smallest absolute Gasteiger partial charge is 0.744 e. The van der Waals surface area contributed by atoms with Crippen molar-refractivity contribution in [3.05, 3.63) is 78.4 Å². The van der Waals surface area contributed by atoms with Crippen LogP contribution in [0.5, 0.6) is 0 Å². The number of rotatable bonds is 7. The predicted molar refractivity (Wildman–Crippen MR) is 113 cm³/mol. The molecule has 0 saturated heterocycles. The second-order valence-electron chi connectivity index (χ2n) is 6.59. The molecule has 3 rings (SSSR count). The van der Waals surface area contributed by atoms with Crippen LogP contribution in [0.15, 0.2) is 87.5 Å². The quantitative estimate of drug-likeness (QED) is 0.149. The SMILES string of the molecule is O=S(=O)([O-])c1cccc(CP(c2cccc(S(=O)(=O)[O-])c2)c2cccc(S(=O)(=O)[O-])c2)c1.[Na+].[Na+].[Na+]. The van der Waals surface area contributed by atoms with Crippen molar-refractivity contribution in [3.8, 4) is 0 Å². The molecule has 0 fully saturated rings. The Kier molecular flexibility index (Phi) is 14.6. The van der Waals surface area contributed by atoms with Gasteiger partial charge in [0, 0.05) is 6.16 Å². The van der Waals surface area contributed by atoms with E-state index >= 15 is 0 Å². The first-order valence-electron chi connectivity index (χ1n) is 8.69. The van der Waals surface area contributed by atoms with Gasteiger partial charge in [-0.2, -0.15) is 0 Å². The molecule has 0 N–H and O–H groups in total. The van der Waals surface area contributed by atoms with Crippen LogP contribution in [0.3, 0.4) is 0 Å². The molecule has 0 unspecified atom stereocenters. The van der Waals surface area contributed by atoms with Crippen molar-refractivity contribution in [2.45, 2.75) is 20.8 Å². The van der Waals surface area contributed by atoms with Gasteiger partial charge in [0.2, 0.25) is 0 Å². The first kappa shape index (κ1) is 35.8. The van der Waals surface area contributed by atoms with E-state index in [0.717, 1.165) is 30.3 Å². The van der Waals surface area contributed by atoms with Crippen LogP contribution in [0, 0.1) is 0 Å². The molecule has 35 heavy (non-hydrogen) atoms. The fourth-order valence-corrected chi connectivity index (χ4v) is 7.02. The molecular formula is C19H14Na3O9PS3. The monoisotopic (exact) mass is 582 g/mol. The van der Waals surface area contributed by atoms with Gasteiger partial charge in [-0.05, 0) is 60.5 Å². The van der Waals surface area contributed by atoms with E-state index in [0.29, 0.717) is 16.2 Å². The van der Waals surface area contributed by atoms with E-state index < -0.39 is 53.0 Å². The fourth-order valence-electron chi connectivity index (χ4n) is 2.93. The van der Waals surface area contributed by atoms with Gasteiger partial charge in [-0.3, -0.25) is 0 Å². The molecule has 0 bridgehead atoms. The number of hydrogen-bond donors (Lipinski definition) is 0. The minimum absolute atomic E-state index is 0. The predicted octanol–water partition coefficient (Wildman–Crippen LogP) is -7.96. The molecule has 3 aromatic carbocycles. The summed E-state index contributed by atoms with van der Waals surface area (Å²) >= 11 is 0. The zero-order valence-corrected chi connectivity index (χ0v) is 28.3. The third-order valence-corrected chi connectivity index (χ3v) is 9.34. The van der Waals surface area contributed by atoms with Crippen LogP contribution in [0.2, 0.25) is 0 Å². The Morgan fingerprint density at radius 1 is 0.543 bits per heavy atom. The summed E-state index contributed by atoms with van der Waals surface area (Å²) in [6, 6.07) is 15.5. The molecule has 0 aliphatic carbocycles. The van der Waals surface area contributed by atoms with Crippen molar-refractivity contribution in [2.24, 2.45) is 0 Å². The van der Waals surface area contributed by atoms with E-state index in [-0.39, 0.29) is 94.8 Å². The van der Waals surface area contributed by atoms with E-state index in [4.69, 9.17) is 0 Å². The second kappa shape index (κ2) is 14.3. The van der Waals surface area contributed by atoms with E-state index in [1.807, 2.05) is 0 Å². The van der Waals surface area contributed by atoms with E-state index in [9.17, 15) is 38.9 Å². The van der Waals surface area contributed by atoms with Gasteiger partial charge >= 0.3 is 88.7 Å². The van der Waals surface area contributed by atoms with Gasteiger partial charge < -0.3 is 13.7 Å². The Balaban J connectivity index is 0.00000385. The van der Waals surface area contributed by atoms with Crippen molar-refractivity contribution in [2.75, 3.05) is 0 Å². The van der Waals surface area contributed by atoms with Gasteiger partial charge in [-0.1, -0.05) is 36.4 Å². The molecule has 16 heteroatoms. The fraction of sp³-hybridized carbons (Fsp3) is 0.0526. The molecule has 0 atom stereocenters. The molecule has 0 spiro atoms. The number of hydrogen-bond acceptors (Lipinski definition) is 9. The maximum atomic E-state index is 11.5. The molecule has 0 radical (unpaired) electrons. The molecule has 0 saturated carbocycles. The summed E-state index contributed by atoms with van der Waals surface area (Å²) in [6.45, 7) is 0. The van der Waals surface area contributed by atoms with Crippen LogP contribution in [0.4, 0.5) is 0 Å². The van der Waals surface area contributed by atoms with Gasteiger partial charge in [0.05, 0.1) is 14.7 Å². The average Bonchev–Trinajstić information content (AvgIpc) is 2.70. The summed E-state index contributed by atoms with van der Waals surface area (Å²) in [5, 5.41) is 0.737. The molecule has 0 heterocycles. The van der Waals surface area contributed by atoms with Crippen molar-refractivity contribution in [3.63, 3.8) is 0 Å². The van der Waals surface area contributed by atoms with E-state index in [2.05, 4.69) is 0 Å². The summed E-state index contributed by atoms with van der Waals surface area (Å²) in [5.74, 6) is 0. The third kappa shape index (κ3) is 10.1. The normalized spacial score (nSPS) is 11.7. The Morgan fingerprint density at radius 2 is 0.886 bits per heavy atom. The van der Waals surface area contributed by atoms with Crippen LogP contribution >= 0.6 is 7.92 Å². The molecule has 0 aliphatic heterocycles. The zero-order valence-electron chi connectivity index (χ0n) is 19.0. The minimum atomic E-state index is -4.78. The van der Waals surface area contributed by atoms with Crippen molar-refractivity contribution < 1.29 is 128 Å². The first-order valence-corrected chi connectivity index (χ1v) is 14.4. The third-order valence-electron chi connectivity index (χ3n) is 4.36. The minimum Gasteiger partial charge on any atom is -0.744 e. The Labute approximate surface area is 272 Å². The average molecular weight is 582 g/mol. The Hall–Kier alpha value is 0.820. The van der Waals surface area contributed by atoms with Gasteiger partial charge in [0.25, 0.3) is 0 Å². The van der Waals surface area contributed by atoms with Crippen molar-refractivity contribution >= 4 is 48.9 Å². The van der Waals surface area contributed by atoms with Gasteiger partial charge in [-0.25, -0.2) is 25.3 Å². The van der Waals surface area contributed by atoms with Crippen LogP contribution in [-0.2, 0) is 36.5 Å². The molecule has 3 aromatic rings. The summed E-state index contributed by atoms with van der Waals surface area (Å²) in [4.78, 5) is -1.45. The summed E-state index contributed by atoms with van der Waals surface area (Å²) in [7, 11) is -15.9. The summed E-state index contributed by atoms with van der Waals surface area (Å²) in [6.07, 6.45) is 0.0728. The van der Waals surface area contributed by atoms with E-state index in [1.165, 1.54) is 36.4 Å². The molecule has 170 valence electrons. The van der Waals surface area contributed by atoms with Gasteiger partial charge in [0.15, 0.2) is 0 Å². The largest absolute Gasteiger partial charge is 1.00 e. The molecule has 0 aromatic heterocycles. The van der Waals surface area contributed by atoms with Crippen molar-refractivity contribution in [1.29, 1.82) is 0 Å². The zero-order chi connectivity index (χ0) is 23.7. The Bertz CT molecular complexity index is 1420. The molecule has 0 amide bonds. The molecule has 9 nitrogen and oxygen atoms in total. The topological polar surface area (TPSA) is 172 Å². The Morgan fingerprint density at radius 3 is 1.26 bits per heavy atom. The summed E-state index contributed by atoms with van der Waals surface area (Å²) < 4.78 is 103. The molecule has 0 aliphatic rings. The first-order chi connectivity index (χ1) is 14.7. The van der Waals surface area contributed by atoms with Gasteiger partial charge in [-0.15, -0.1) is 0 Å². The number of benzene rings is 3. The maximum Gasteiger partial charge on any atom is 1.00 e.